The number of nitrogens with zero attached hydrogens (tertiary/aromatic N) is 1. The quantitative estimate of drug-likeness (QED) is 0.668. The van der Waals surface area contributed by atoms with Crippen LogP contribution in [0, 0.1) is 0 Å². The molecule has 0 atom stereocenters. The molecule has 0 radical (unpaired) electrons. The van der Waals surface area contributed by atoms with Crippen LogP contribution >= 0.6 is 15.9 Å². The van der Waals surface area contributed by atoms with Gasteiger partial charge < -0.3 is 0 Å². The standard InChI is InChI=1S/C15H20BrF2N/c16-10-5-11-19(14-8-4-9-14)12-15(17,18)13-6-2-1-3-7-13/h1-3,6-7,14H,4-5,8-12H2. The van der Waals surface area contributed by atoms with Crippen LogP contribution in [0.2, 0.25) is 0 Å². The summed E-state index contributed by atoms with van der Waals surface area (Å²) in [7, 11) is 0. The third-order valence-electron chi connectivity index (χ3n) is 3.77. The first-order chi connectivity index (χ1) is 9.13. The van der Waals surface area contributed by atoms with E-state index in [4.69, 9.17) is 0 Å². The Morgan fingerprint density at radius 1 is 1.21 bits per heavy atom. The summed E-state index contributed by atoms with van der Waals surface area (Å²) >= 11 is 3.38. The van der Waals surface area contributed by atoms with Crippen LogP contribution in [0.3, 0.4) is 0 Å². The van der Waals surface area contributed by atoms with E-state index < -0.39 is 5.92 Å². The van der Waals surface area contributed by atoms with E-state index in [1.165, 1.54) is 18.6 Å². The second-order valence-corrected chi connectivity index (χ2v) is 5.96. The lowest BCUT2D eigenvalue weighted by molar-refractivity contribution is -0.0566. The minimum Gasteiger partial charge on any atom is -0.294 e. The summed E-state index contributed by atoms with van der Waals surface area (Å²) in [5.74, 6) is -2.76. The molecule has 19 heavy (non-hydrogen) atoms. The van der Waals surface area contributed by atoms with Crippen LogP contribution in [0.1, 0.15) is 31.2 Å². The van der Waals surface area contributed by atoms with Gasteiger partial charge in [-0.25, -0.2) is 0 Å². The van der Waals surface area contributed by atoms with Crippen molar-refractivity contribution in [1.29, 1.82) is 0 Å². The lowest BCUT2D eigenvalue weighted by atomic mass is 9.90. The average molecular weight is 332 g/mol. The molecule has 1 aliphatic rings. The summed E-state index contributed by atoms with van der Waals surface area (Å²) < 4.78 is 28.6. The first kappa shape index (κ1) is 14.9. The molecule has 1 aromatic rings. The van der Waals surface area contributed by atoms with Crippen molar-refractivity contribution in [2.75, 3.05) is 18.4 Å². The smallest absolute Gasteiger partial charge is 0.285 e. The Hall–Kier alpha value is -0.480. The van der Waals surface area contributed by atoms with Gasteiger partial charge in [0, 0.05) is 16.9 Å². The number of hydrogen-bond acceptors (Lipinski definition) is 1. The molecule has 0 unspecified atom stereocenters. The molecular formula is C15H20BrF2N. The molecular weight excluding hydrogens is 312 g/mol. The van der Waals surface area contributed by atoms with Gasteiger partial charge in [0.15, 0.2) is 0 Å². The van der Waals surface area contributed by atoms with Gasteiger partial charge in [0.05, 0.1) is 6.54 Å². The molecule has 0 amide bonds. The first-order valence-corrected chi connectivity index (χ1v) is 7.99. The van der Waals surface area contributed by atoms with Crippen molar-refractivity contribution in [1.82, 2.24) is 4.90 Å². The molecule has 4 heteroatoms. The highest BCUT2D eigenvalue weighted by Crippen LogP contribution is 2.33. The zero-order valence-electron chi connectivity index (χ0n) is 11.0. The topological polar surface area (TPSA) is 3.24 Å². The van der Waals surface area contributed by atoms with E-state index in [0.29, 0.717) is 6.04 Å². The summed E-state index contributed by atoms with van der Waals surface area (Å²) in [6, 6.07) is 8.51. The van der Waals surface area contributed by atoms with Crippen LogP contribution in [-0.2, 0) is 5.92 Å². The number of benzene rings is 1. The fourth-order valence-corrected chi connectivity index (χ4v) is 2.68. The fourth-order valence-electron chi connectivity index (χ4n) is 2.43. The van der Waals surface area contributed by atoms with Crippen LogP contribution in [0.5, 0.6) is 0 Å². The molecule has 1 aliphatic carbocycles. The summed E-state index contributed by atoms with van der Waals surface area (Å²) in [5.41, 5.74) is 0.123. The Bertz CT molecular complexity index is 379. The molecule has 1 nitrogen and oxygen atoms in total. The zero-order chi connectivity index (χ0) is 13.7. The van der Waals surface area contributed by atoms with Gasteiger partial charge in [-0.2, -0.15) is 8.78 Å². The minimum atomic E-state index is -2.76. The third kappa shape index (κ3) is 3.99. The first-order valence-electron chi connectivity index (χ1n) is 6.87. The third-order valence-corrected chi connectivity index (χ3v) is 4.33. The molecule has 0 aromatic heterocycles. The molecule has 106 valence electrons. The highest BCUT2D eigenvalue weighted by atomic mass is 79.9. The second-order valence-electron chi connectivity index (χ2n) is 5.17. The van der Waals surface area contributed by atoms with Crippen LogP contribution < -0.4 is 0 Å². The number of halogens is 3. The highest BCUT2D eigenvalue weighted by Gasteiger charge is 2.37. The Labute approximate surface area is 122 Å². The number of hydrogen-bond donors (Lipinski definition) is 0. The Kier molecular flexibility index (Phi) is 5.34. The Balaban J connectivity index is 2.02. The van der Waals surface area contributed by atoms with Gasteiger partial charge in [0.25, 0.3) is 5.92 Å². The zero-order valence-corrected chi connectivity index (χ0v) is 12.6. The van der Waals surface area contributed by atoms with E-state index >= 15 is 0 Å². The lowest BCUT2D eigenvalue weighted by Crippen LogP contribution is -2.46. The van der Waals surface area contributed by atoms with Gasteiger partial charge in [0.2, 0.25) is 0 Å². The Morgan fingerprint density at radius 3 is 2.42 bits per heavy atom. The molecule has 0 saturated heterocycles. The van der Waals surface area contributed by atoms with E-state index in [2.05, 4.69) is 15.9 Å². The van der Waals surface area contributed by atoms with Gasteiger partial charge >= 0.3 is 0 Å². The largest absolute Gasteiger partial charge is 0.294 e. The monoisotopic (exact) mass is 331 g/mol. The summed E-state index contributed by atoms with van der Waals surface area (Å²) in [5, 5.41) is 0.868. The predicted octanol–water partition coefficient (Wildman–Crippen LogP) is 4.42. The molecule has 2 rings (SSSR count). The maximum Gasteiger partial charge on any atom is 0.285 e. The molecule has 0 heterocycles. The molecule has 0 N–H and O–H groups in total. The van der Waals surface area contributed by atoms with Crippen LogP contribution in [0.4, 0.5) is 8.78 Å². The molecule has 0 aliphatic heterocycles. The van der Waals surface area contributed by atoms with Gasteiger partial charge in [-0.3, -0.25) is 4.90 Å². The van der Waals surface area contributed by atoms with E-state index in [-0.39, 0.29) is 12.1 Å². The molecule has 1 aromatic carbocycles. The molecule has 0 bridgehead atoms. The maximum atomic E-state index is 14.3. The molecule has 0 spiro atoms. The van der Waals surface area contributed by atoms with Gasteiger partial charge in [-0.1, -0.05) is 52.7 Å². The van der Waals surface area contributed by atoms with Crippen molar-refractivity contribution >= 4 is 15.9 Å². The number of rotatable bonds is 7. The van der Waals surface area contributed by atoms with E-state index in [1.54, 1.807) is 18.2 Å². The average Bonchev–Trinajstić information content (AvgIpc) is 2.34. The van der Waals surface area contributed by atoms with E-state index in [9.17, 15) is 8.78 Å². The van der Waals surface area contributed by atoms with Crippen LogP contribution in [0.15, 0.2) is 30.3 Å². The van der Waals surface area contributed by atoms with E-state index in [0.717, 1.165) is 31.1 Å². The SMILES string of the molecule is FC(F)(CN(CCCBr)C1CCC1)c1ccccc1. The molecule has 1 fully saturated rings. The van der Waals surface area contributed by atoms with Crippen molar-refractivity contribution in [3.8, 4) is 0 Å². The maximum absolute atomic E-state index is 14.3. The second kappa shape index (κ2) is 6.80. The van der Waals surface area contributed by atoms with Crippen molar-refractivity contribution in [2.45, 2.75) is 37.6 Å². The number of alkyl halides is 3. The summed E-state index contributed by atoms with van der Waals surface area (Å²) in [6.45, 7) is 0.590. The van der Waals surface area contributed by atoms with E-state index in [1.807, 2.05) is 4.90 Å². The van der Waals surface area contributed by atoms with Crippen molar-refractivity contribution in [3.63, 3.8) is 0 Å². The van der Waals surface area contributed by atoms with Crippen molar-refractivity contribution < 1.29 is 8.78 Å². The highest BCUT2D eigenvalue weighted by molar-refractivity contribution is 9.09. The normalized spacial score (nSPS) is 16.6. The van der Waals surface area contributed by atoms with Gasteiger partial charge in [-0.15, -0.1) is 0 Å². The van der Waals surface area contributed by atoms with Gasteiger partial charge in [0.1, 0.15) is 0 Å². The summed E-state index contributed by atoms with van der Waals surface area (Å²) in [6.07, 6.45) is 4.22. The Morgan fingerprint density at radius 2 is 1.89 bits per heavy atom. The lowest BCUT2D eigenvalue weighted by Gasteiger charge is -2.39. The van der Waals surface area contributed by atoms with Crippen molar-refractivity contribution in [2.24, 2.45) is 0 Å². The van der Waals surface area contributed by atoms with Gasteiger partial charge in [-0.05, 0) is 25.8 Å². The van der Waals surface area contributed by atoms with Crippen molar-refractivity contribution in [3.05, 3.63) is 35.9 Å². The minimum absolute atomic E-state index is 0.123. The van der Waals surface area contributed by atoms with Crippen LogP contribution in [-0.4, -0.2) is 29.4 Å². The van der Waals surface area contributed by atoms with Crippen LogP contribution in [0.25, 0.3) is 0 Å². The predicted molar refractivity (Wildman–Crippen MR) is 78.0 cm³/mol. The fraction of sp³-hybridized carbons (Fsp3) is 0.600. The summed E-state index contributed by atoms with van der Waals surface area (Å²) in [4.78, 5) is 1.97. The molecule has 1 saturated carbocycles.